The van der Waals surface area contributed by atoms with Gasteiger partial charge in [0.15, 0.2) is 4.96 Å². The number of aromatic carboxylic acids is 1. The molecule has 5 heteroatoms. The topological polar surface area (TPSA) is 54.6 Å². The van der Waals surface area contributed by atoms with E-state index in [1.165, 1.54) is 16.9 Å². The molecule has 0 unspecified atom stereocenters. The first kappa shape index (κ1) is 14.8. The predicted octanol–water partition coefficient (Wildman–Crippen LogP) is 4.45. The van der Waals surface area contributed by atoms with Gasteiger partial charge in [0.25, 0.3) is 0 Å². The molecule has 0 aliphatic carbocycles. The number of nitrogens with zero attached hydrogens (tertiary/aromatic N) is 2. The van der Waals surface area contributed by atoms with Crippen LogP contribution in [0, 0.1) is 0 Å². The lowest BCUT2D eigenvalue weighted by Gasteiger charge is -2.05. The first-order valence-electron chi connectivity index (χ1n) is 7.35. The Kier molecular flexibility index (Phi) is 3.74. The number of benzene rings is 1. The third-order valence-corrected chi connectivity index (χ3v) is 4.82. The van der Waals surface area contributed by atoms with Gasteiger partial charge >= 0.3 is 5.97 Å². The van der Waals surface area contributed by atoms with Crippen molar-refractivity contribution in [2.75, 3.05) is 0 Å². The molecule has 0 aliphatic heterocycles. The highest BCUT2D eigenvalue weighted by molar-refractivity contribution is 7.19. The number of fused-ring (bicyclic) bond motifs is 1. The fourth-order valence-corrected chi connectivity index (χ4v) is 3.71. The van der Waals surface area contributed by atoms with E-state index in [1.54, 1.807) is 0 Å². The second kappa shape index (κ2) is 5.57. The summed E-state index contributed by atoms with van der Waals surface area (Å²) in [6.07, 6.45) is 2.95. The van der Waals surface area contributed by atoms with Crippen molar-refractivity contribution >= 4 is 22.3 Å². The molecule has 3 rings (SSSR count). The number of aryl methyl sites for hydroxylation is 1. The summed E-state index contributed by atoms with van der Waals surface area (Å²) >= 11 is 1.24. The smallest absolute Gasteiger partial charge is 0.347 e. The minimum absolute atomic E-state index is 0.129. The maximum Gasteiger partial charge on any atom is 0.347 e. The van der Waals surface area contributed by atoms with Crippen molar-refractivity contribution in [3.8, 4) is 11.3 Å². The SMILES string of the molecule is CCc1ccc(-c2cn3c(C(C)C)c(C(=O)O)sc3n2)cc1. The average molecular weight is 314 g/mol. The van der Waals surface area contributed by atoms with Crippen molar-refractivity contribution in [1.82, 2.24) is 9.38 Å². The van der Waals surface area contributed by atoms with Crippen LogP contribution in [0.15, 0.2) is 30.5 Å². The number of carbonyl (C=O) groups is 1. The molecular weight excluding hydrogens is 296 g/mol. The van der Waals surface area contributed by atoms with Gasteiger partial charge in [0.05, 0.1) is 11.4 Å². The molecule has 114 valence electrons. The van der Waals surface area contributed by atoms with E-state index in [-0.39, 0.29) is 5.92 Å². The van der Waals surface area contributed by atoms with Crippen LogP contribution in [0.4, 0.5) is 0 Å². The van der Waals surface area contributed by atoms with Crippen LogP contribution in [-0.4, -0.2) is 20.5 Å². The Morgan fingerprint density at radius 2 is 2.00 bits per heavy atom. The number of hydrogen-bond donors (Lipinski definition) is 1. The zero-order valence-electron chi connectivity index (χ0n) is 12.8. The molecule has 0 atom stereocenters. The minimum Gasteiger partial charge on any atom is -0.477 e. The Bertz CT molecular complexity index is 828. The lowest BCUT2D eigenvalue weighted by molar-refractivity contribution is 0.0700. The lowest BCUT2D eigenvalue weighted by atomic mass is 10.1. The normalized spacial score (nSPS) is 11.5. The van der Waals surface area contributed by atoms with Crippen molar-refractivity contribution in [2.45, 2.75) is 33.1 Å². The van der Waals surface area contributed by atoms with Crippen LogP contribution in [0.25, 0.3) is 16.2 Å². The van der Waals surface area contributed by atoms with Gasteiger partial charge in [-0.3, -0.25) is 4.40 Å². The summed E-state index contributed by atoms with van der Waals surface area (Å²) in [6.45, 7) is 6.14. The summed E-state index contributed by atoms with van der Waals surface area (Å²) in [5, 5.41) is 9.35. The molecule has 4 nitrogen and oxygen atoms in total. The van der Waals surface area contributed by atoms with E-state index in [9.17, 15) is 9.90 Å². The number of imidazole rings is 1. The van der Waals surface area contributed by atoms with E-state index in [0.717, 1.165) is 28.3 Å². The first-order chi connectivity index (χ1) is 10.5. The number of aromatic nitrogens is 2. The highest BCUT2D eigenvalue weighted by Gasteiger charge is 2.22. The van der Waals surface area contributed by atoms with E-state index < -0.39 is 5.97 Å². The Balaban J connectivity index is 2.11. The zero-order valence-corrected chi connectivity index (χ0v) is 13.6. The van der Waals surface area contributed by atoms with Crippen molar-refractivity contribution in [3.05, 3.63) is 46.6 Å². The first-order valence-corrected chi connectivity index (χ1v) is 8.17. The number of thiazole rings is 1. The van der Waals surface area contributed by atoms with Gasteiger partial charge < -0.3 is 5.11 Å². The van der Waals surface area contributed by atoms with Crippen molar-refractivity contribution < 1.29 is 9.90 Å². The molecule has 0 bridgehead atoms. The van der Waals surface area contributed by atoms with Crippen LogP contribution < -0.4 is 0 Å². The molecule has 3 aromatic rings. The molecule has 0 spiro atoms. The second-order valence-corrected chi connectivity index (χ2v) is 6.58. The Hall–Kier alpha value is -2.14. The Morgan fingerprint density at radius 1 is 1.32 bits per heavy atom. The quantitative estimate of drug-likeness (QED) is 0.774. The van der Waals surface area contributed by atoms with Gasteiger partial charge in [-0.05, 0) is 17.9 Å². The minimum atomic E-state index is -0.881. The van der Waals surface area contributed by atoms with E-state index >= 15 is 0 Å². The summed E-state index contributed by atoms with van der Waals surface area (Å²) in [6, 6.07) is 8.35. The van der Waals surface area contributed by atoms with Crippen LogP contribution in [-0.2, 0) is 6.42 Å². The molecular formula is C17H18N2O2S. The van der Waals surface area contributed by atoms with E-state index in [1.807, 2.05) is 24.4 Å². The number of rotatable bonds is 4. The number of carboxylic acid groups (broad SMARTS) is 1. The van der Waals surface area contributed by atoms with Crippen LogP contribution in [0.2, 0.25) is 0 Å². The van der Waals surface area contributed by atoms with Gasteiger partial charge in [-0.1, -0.05) is 56.4 Å². The third kappa shape index (κ3) is 2.41. The molecule has 22 heavy (non-hydrogen) atoms. The summed E-state index contributed by atoms with van der Waals surface area (Å²) in [7, 11) is 0. The summed E-state index contributed by atoms with van der Waals surface area (Å²) in [4.78, 5) is 17.1. The Labute approximate surface area is 133 Å². The largest absolute Gasteiger partial charge is 0.477 e. The fourth-order valence-electron chi connectivity index (χ4n) is 2.60. The Morgan fingerprint density at radius 3 is 2.55 bits per heavy atom. The molecule has 0 saturated heterocycles. The molecule has 0 aliphatic rings. The average Bonchev–Trinajstić information content (AvgIpc) is 3.04. The standard InChI is InChI=1S/C17H18N2O2S/c1-4-11-5-7-12(8-6-11)13-9-19-14(10(2)3)15(16(20)21)22-17(19)18-13/h5-10H,4H2,1-3H3,(H,20,21). The van der Waals surface area contributed by atoms with Crippen molar-refractivity contribution in [1.29, 1.82) is 0 Å². The highest BCUT2D eigenvalue weighted by Crippen LogP contribution is 2.31. The molecule has 2 heterocycles. The molecule has 1 aromatic carbocycles. The van der Waals surface area contributed by atoms with Gasteiger partial charge in [0.1, 0.15) is 4.88 Å². The molecule has 0 fully saturated rings. The molecule has 0 amide bonds. The number of hydrogen-bond acceptors (Lipinski definition) is 3. The van der Waals surface area contributed by atoms with Crippen LogP contribution in [0.1, 0.15) is 47.6 Å². The maximum atomic E-state index is 11.4. The van der Waals surface area contributed by atoms with Gasteiger partial charge in [-0.2, -0.15) is 0 Å². The molecule has 2 aromatic heterocycles. The van der Waals surface area contributed by atoms with Gasteiger partial charge in [-0.25, -0.2) is 9.78 Å². The summed E-state index contributed by atoms with van der Waals surface area (Å²) < 4.78 is 1.92. The van der Waals surface area contributed by atoms with E-state index in [2.05, 4.69) is 36.2 Å². The molecule has 1 N–H and O–H groups in total. The van der Waals surface area contributed by atoms with Crippen LogP contribution in [0.5, 0.6) is 0 Å². The lowest BCUT2D eigenvalue weighted by Crippen LogP contribution is -2.02. The molecule has 0 radical (unpaired) electrons. The van der Waals surface area contributed by atoms with E-state index in [0.29, 0.717) is 4.88 Å². The monoisotopic (exact) mass is 314 g/mol. The molecule has 0 saturated carbocycles. The van der Waals surface area contributed by atoms with Crippen LogP contribution in [0.3, 0.4) is 0 Å². The van der Waals surface area contributed by atoms with Gasteiger partial charge in [0, 0.05) is 11.8 Å². The van der Waals surface area contributed by atoms with Gasteiger partial charge in [-0.15, -0.1) is 0 Å². The third-order valence-electron chi connectivity index (χ3n) is 3.76. The van der Waals surface area contributed by atoms with Gasteiger partial charge in [0.2, 0.25) is 0 Å². The summed E-state index contributed by atoms with van der Waals surface area (Å²) in [5.41, 5.74) is 4.05. The van der Waals surface area contributed by atoms with Crippen molar-refractivity contribution in [2.24, 2.45) is 0 Å². The fraction of sp³-hybridized carbons (Fsp3) is 0.294. The number of carboxylic acids is 1. The van der Waals surface area contributed by atoms with Crippen LogP contribution >= 0.6 is 11.3 Å². The summed E-state index contributed by atoms with van der Waals surface area (Å²) in [5.74, 6) is -0.752. The highest BCUT2D eigenvalue weighted by atomic mass is 32.1. The predicted molar refractivity (Wildman–Crippen MR) is 88.9 cm³/mol. The second-order valence-electron chi connectivity index (χ2n) is 5.61. The maximum absolute atomic E-state index is 11.4. The zero-order chi connectivity index (χ0) is 15.9. The van der Waals surface area contributed by atoms with E-state index in [4.69, 9.17) is 0 Å². The van der Waals surface area contributed by atoms with Crippen molar-refractivity contribution in [3.63, 3.8) is 0 Å².